The first kappa shape index (κ1) is 10.4. The van der Waals surface area contributed by atoms with Gasteiger partial charge in [-0.15, -0.1) is 0 Å². The predicted molar refractivity (Wildman–Crippen MR) is 54.6 cm³/mol. The molecule has 2 saturated heterocycles. The number of nitrogens with zero attached hydrogens (tertiary/aromatic N) is 1. The lowest BCUT2D eigenvalue weighted by atomic mass is 10.1. The highest BCUT2D eigenvalue weighted by Crippen LogP contribution is 2.11. The molecule has 82 valence electrons. The Morgan fingerprint density at radius 1 is 1.14 bits per heavy atom. The van der Waals surface area contributed by atoms with Crippen LogP contribution in [0.5, 0.6) is 0 Å². The first-order chi connectivity index (χ1) is 6.68. The summed E-state index contributed by atoms with van der Waals surface area (Å²) < 4.78 is 25.3. The molecule has 5 nitrogen and oxygen atoms in total. The number of rotatable bonds is 3. The van der Waals surface area contributed by atoms with Gasteiger partial charge in [0, 0.05) is 39.3 Å². The first-order valence-electron chi connectivity index (χ1n) is 5.08. The Kier molecular flexibility index (Phi) is 3.06. The Morgan fingerprint density at radius 2 is 1.79 bits per heavy atom. The van der Waals surface area contributed by atoms with Gasteiger partial charge in [0.25, 0.3) is 0 Å². The zero-order valence-electron chi connectivity index (χ0n) is 8.20. The van der Waals surface area contributed by atoms with Crippen molar-refractivity contribution in [1.29, 1.82) is 0 Å². The maximum atomic E-state index is 11.9. The fourth-order valence-corrected chi connectivity index (χ4v) is 3.57. The van der Waals surface area contributed by atoms with Gasteiger partial charge in [0.15, 0.2) is 0 Å². The van der Waals surface area contributed by atoms with Gasteiger partial charge in [-0.25, -0.2) is 8.42 Å². The van der Waals surface area contributed by atoms with E-state index in [9.17, 15) is 8.42 Å². The molecule has 0 unspecified atom stereocenters. The molecule has 2 fully saturated rings. The molecule has 0 spiro atoms. The van der Waals surface area contributed by atoms with E-state index >= 15 is 0 Å². The summed E-state index contributed by atoms with van der Waals surface area (Å²) in [5.74, 6) is 0.648. The summed E-state index contributed by atoms with van der Waals surface area (Å²) >= 11 is 0. The van der Waals surface area contributed by atoms with E-state index in [1.165, 1.54) is 0 Å². The van der Waals surface area contributed by atoms with Crippen LogP contribution in [0.15, 0.2) is 0 Å². The normalized spacial score (nSPS) is 26.0. The van der Waals surface area contributed by atoms with Crippen molar-refractivity contribution in [2.75, 3.05) is 45.0 Å². The van der Waals surface area contributed by atoms with Crippen LogP contribution in [0.1, 0.15) is 0 Å². The van der Waals surface area contributed by atoms with Gasteiger partial charge < -0.3 is 10.6 Å². The lowest BCUT2D eigenvalue weighted by Gasteiger charge is -2.31. The first-order valence-corrected chi connectivity index (χ1v) is 6.69. The van der Waals surface area contributed by atoms with Crippen molar-refractivity contribution in [2.45, 2.75) is 0 Å². The molecular formula is C8H17N3O2S. The maximum Gasteiger partial charge on any atom is 0.214 e. The molecule has 0 aliphatic carbocycles. The highest BCUT2D eigenvalue weighted by molar-refractivity contribution is 7.89. The van der Waals surface area contributed by atoms with Gasteiger partial charge in [-0.1, -0.05) is 0 Å². The fourth-order valence-electron chi connectivity index (χ4n) is 1.79. The number of hydrogen-bond acceptors (Lipinski definition) is 4. The van der Waals surface area contributed by atoms with Gasteiger partial charge in [-0.3, -0.25) is 0 Å². The number of piperazine rings is 1. The molecule has 14 heavy (non-hydrogen) atoms. The van der Waals surface area contributed by atoms with E-state index in [0.717, 1.165) is 26.2 Å². The minimum Gasteiger partial charge on any atom is -0.316 e. The molecular weight excluding hydrogens is 202 g/mol. The number of hydrogen-bond donors (Lipinski definition) is 2. The Morgan fingerprint density at radius 3 is 2.29 bits per heavy atom. The van der Waals surface area contributed by atoms with Crippen LogP contribution >= 0.6 is 0 Å². The van der Waals surface area contributed by atoms with Crippen LogP contribution in [-0.2, 0) is 10.0 Å². The van der Waals surface area contributed by atoms with Crippen molar-refractivity contribution in [3.63, 3.8) is 0 Å². The average Bonchev–Trinajstić information content (AvgIpc) is 2.13. The summed E-state index contributed by atoms with van der Waals surface area (Å²) in [6.45, 7) is 4.52. The molecule has 0 atom stereocenters. The maximum absolute atomic E-state index is 11.9. The fraction of sp³-hybridized carbons (Fsp3) is 1.00. The van der Waals surface area contributed by atoms with E-state index in [0.29, 0.717) is 24.8 Å². The quantitative estimate of drug-likeness (QED) is 0.603. The third-order valence-electron chi connectivity index (χ3n) is 2.78. The van der Waals surface area contributed by atoms with Crippen molar-refractivity contribution in [3.05, 3.63) is 0 Å². The molecule has 6 heteroatoms. The Hall–Kier alpha value is -0.170. The third-order valence-corrected chi connectivity index (χ3v) is 4.83. The van der Waals surface area contributed by atoms with Crippen molar-refractivity contribution >= 4 is 10.0 Å². The van der Waals surface area contributed by atoms with Crippen LogP contribution in [-0.4, -0.2) is 57.7 Å². The smallest absolute Gasteiger partial charge is 0.214 e. The Labute approximate surface area is 84.9 Å². The third kappa shape index (κ3) is 2.25. The topological polar surface area (TPSA) is 61.4 Å². The van der Waals surface area contributed by atoms with Crippen LogP contribution in [0.2, 0.25) is 0 Å². The SMILES string of the molecule is O=S(=O)(CC1CNC1)N1CCNCC1. The average molecular weight is 219 g/mol. The molecule has 0 amide bonds. The highest BCUT2D eigenvalue weighted by atomic mass is 32.2. The second kappa shape index (κ2) is 4.14. The summed E-state index contributed by atoms with van der Waals surface area (Å²) in [5, 5.41) is 6.24. The number of sulfonamides is 1. The van der Waals surface area contributed by atoms with E-state index in [1.807, 2.05) is 0 Å². The summed E-state index contributed by atoms with van der Waals surface area (Å²) in [7, 11) is -2.99. The Balaban J connectivity index is 1.91. The Bertz CT molecular complexity index is 281. The molecule has 0 aromatic carbocycles. The van der Waals surface area contributed by atoms with E-state index in [-0.39, 0.29) is 0 Å². The lowest BCUT2D eigenvalue weighted by molar-refractivity contribution is 0.339. The summed E-state index contributed by atoms with van der Waals surface area (Å²) in [6, 6.07) is 0. The molecule has 0 aromatic heterocycles. The van der Waals surface area contributed by atoms with Crippen LogP contribution in [0.4, 0.5) is 0 Å². The molecule has 0 radical (unpaired) electrons. The molecule has 2 aliphatic heterocycles. The van der Waals surface area contributed by atoms with Crippen LogP contribution < -0.4 is 10.6 Å². The lowest BCUT2D eigenvalue weighted by Crippen LogP contribution is -2.51. The predicted octanol–water partition coefficient (Wildman–Crippen LogP) is -1.56. The van der Waals surface area contributed by atoms with Crippen LogP contribution in [0.25, 0.3) is 0 Å². The van der Waals surface area contributed by atoms with Gasteiger partial charge >= 0.3 is 0 Å². The number of nitrogens with one attached hydrogen (secondary N) is 2. The molecule has 0 bridgehead atoms. The summed E-state index contributed by atoms with van der Waals surface area (Å²) in [5.41, 5.74) is 0. The molecule has 2 heterocycles. The second-order valence-corrected chi connectivity index (χ2v) is 5.97. The standard InChI is InChI=1S/C8H17N3O2S/c12-14(13,7-8-5-10-6-8)11-3-1-9-2-4-11/h8-10H,1-7H2. The highest BCUT2D eigenvalue weighted by Gasteiger charge is 2.29. The minimum absolute atomic E-state index is 0.319. The molecule has 0 saturated carbocycles. The van der Waals surface area contributed by atoms with Crippen LogP contribution in [0.3, 0.4) is 0 Å². The molecule has 0 aromatic rings. The summed E-state index contributed by atoms with van der Waals surface area (Å²) in [6.07, 6.45) is 0. The van der Waals surface area contributed by atoms with E-state index in [4.69, 9.17) is 0 Å². The minimum atomic E-state index is -2.99. The van der Waals surface area contributed by atoms with Gasteiger partial charge in [-0.05, 0) is 5.92 Å². The van der Waals surface area contributed by atoms with E-state index < -0.39 is 10.0 Å². The largest absolute Gasteiger partial charge is 0.316 e. The molecule has 2 aliphatic rings. The van der Waals surface area contributed by atoms with E-state index in [1.54, 1.807) is 4.31 Å². The molecule has 2 N–H and O–H groups in total. The zero-order chi connectivity index (χ0) is 10.0. The second-order valence-electron chi connectivity index (χ2n) is 3.95. The van der Waals surface area contributed by atoms with Crippen LogP contribution in [0, 0.1) is 5.92 Å². The van der Waals surface area contributed by atoms with Gasteiger partial charge in [0.2, 0.25) is 10.0 Å². The van der Waals surface area contributed by atoms with Gasteiger partial charge in [0.1, 0.15) is 0 Å². The summed E-state index contributed by atoms with van der Waals surface area (Å²) in [4.78, 5) is 0. The van der Waals surface area contributed by atoms with Crippen molar-refractivity contribution in [1.82, 2.24) is 14.9 Å². The molecule has 2 rings (SSSR count). The van der Waals surface area contributed by atoms with Crippen molar-refractivity contribution in [2.24, 2.45) is 5.92 Å². The van der Waals surface area contributed by atoms with Crippen molar-refractivity contribution in [3.8, 4) is 0 Å². The van der Waals surface area contributed by atoms with E-state index in [2.05, 4.69) is 10.6 Å². The van der Waals surface area contributed by atoms with Gasteiger partial charge in [-0.2, -0.15) is 4.31 Å². The monoisotopic (exact) mass is 219 g/mol. The zero-order valence-corrected chi connectivity index (χ0v) is 9.02. The van der Waals surface area contributed by atoms with Crippen molar-refractivity contribution < 1.29 is 8.42 Å². The van der Waals surface area contributed by atoms with Gasteiger partial charge in [0.05, 0.1) is 5.75 Å².